The van der Waals surface area contributed by atoms with Crippen molar-refractivity contribution in [2.45, 2.75) is 113 Å². The minimum absolute atomic E-state index is 0.0265. The van der Waals surface area contributed by atoms with Crippen LogP contribution in [0.5, 0.6) is 0 Å². The standard InChI is InChI=1S/C33H51ClFN5O4S/c1-18-12-24(31-30(37-18)26(17-45-31)33(42)43)23-13-21(34)4-7-29(23)44-11-10-40-19(2)38-28-6-5-22(14-25(28)32(40)41)39(3)16-20-8-9-36-15-27(20)35/h18,20-24,26-27,29-31,36-37H,4-17H2,1-3H3,(H,42,43). The first-order valence-electron chi connectivity index (χ1n) is 17.1. The zero-order valence-corrected chi connectivity index (χ0v) is 28.5. The molecule has 252 valence electrons. The van der Waals surface area contributed by atoms with E-state index in [1.807, 2.05) is 6.92 Å². The van der Waals surface area contributed by atoms with Crippen LogP contribution in [0, 0.1) is 30.6 Å². The quantitative estimate of drug-likeness (QED) is 0.342. The molecular formula is C33H51ClFN5O4S. The van der Waals surface area contributed by atoms with E-state index < -0.39 is 12.1 Å². The summed E-state index contributed by atoms with van der Waals surface area (Å²) in [6.45, 7) is 6.94. The number of fused-ring (bicyclic) bond motifs is 2. The summed E-state index contributed by atoms with van der Waals surface area (Å²) in [7, 11) is 2.07. The van der Waals surface area contributed by atoms with Crippen LogP contribution in [0.4, 0.5) is 4.39 Å². The van der Waals surface area contributed by atoms with Gasteiger partial charge in [0.05, 0.1) is 30.9 Å². The Hall–Kier alpha value is -1.24. The molecule has 11 atom stereocenters. The van der Waals surface area contributed by atoms with Crippen molar-refractivity contribution in [1.82, 2.24) is 25.1 Å². The van der Waals surface area contributed by atoms with Crippen LogP contribution in [0.15, 0.2) is 4.79 Å². The fourth-order valence-corrected chi connectivity index (χ4v) is 11.1. The SMILES string of the molecule is Cc1nc2c(c(=O)n1CCOC1CCC(Cl)CC1C1CC(C)NC3C(C(=O)O)CSC13)CC(N(C)CC1CCNCC1F)CC2. The fraction of sp³-hybridized carbons (Fsp3) is 0.848. The van der Waals surface area contributed by atoms with Crippen molar-refractivity contribution >= 4 is 29.3 Å². The second kappa shape index (κ2) is 14.5. The van der Waals surface area contributed by atoms with E-state index in [-0.39, 0.29) is 58.2 Å². The van der Waals surface area contributed by atoms with Gasteiger partial charge in [-0.1, -0.05) is 0 Å². The highest BCUT2D eigenvalue weighted by molar-refractivity contribution is 8.00. The molecule has 1 aromatic heterocycles. The molecule has 0 spiro atoms. The van der Waals surface area contributed by atoms with Gasteiger partial charge in [0.1, 0.15) is 12.0 Å². The molecule has 12 heteroatoms. The van der Waals surface area contributed by atoms with E-state index in [1.54, 1.807) is 16.3 Å². The molecule has 3 aliphatic heterocycles. The number of aromatic nitrogens is 2. The average molecular weight is 668 g/mol. The van der Waals surface area contributed by atoms with Gasteiger partial charge in [-0.15, -0.1) is 11.6 Å². The van der Waals surface area contributed by atoms with Crippen LogP contribution in [0.2, 0.25) is 0 Å². The number of likely N-dealkylation sites (N-methyl/N-ethyl adjacent to an activating group) is 1. The van der Waals surface area contributed by atoms with Gasteiger partial charge >= 0.3 is 5.97 Å². The number of alkyl halides is 2. The Morgan fingerprint density at radius 2 is 2.07 bits per heavy atom. The number of halogens is 2. The number of aryl methyl sites for hydroxylation is 2. The van der Waals surface area contributed by atoms with Gasteiger partial charge in [-0.2, -0.15) is 11.8 Å². The highest BCUT2D eigenvalue weighted by atomic mass is 35.5. The Kier molecular flexibility index (Phi) is 10.8. The summed E-state index contributed by atoms with van der Waals surface area (Å²) in [5.41, 5.74) is 1.74. The van der Waals surface area contributed by atoms with Gasteiger partial charge in [-0.05, 0) is 90.6 Å². The molecule has 6 rings (SSSR count). The van der Waals surface area contributed by atoms with E-state index in [1.165, 1.54) is 0 Å². The smallest absolute Gasteiger partial charge is 0.308 e. The number of carboxylic acids is 1. The van der Waals surface area contributed by atoms with E-state index >= 15 is 0 Å². The van der Waals surface area contributed by atoms with Crippen LogP contribution >= 0.6 is 23.4 Å². The number of aliphatic carboxylic acids is 1. The third kappa shape index (κ3) is 7.28. The van der Waals surface area contributed by atoms with Crippen molar-refractivity contribution in [3.05, 3.63) is 27.4 Å². The van der Waals surface area contributed by atoms with Gasteiger partial charge in [-0.3, -0.25) is 14.2 Å². The summed E-state index contributed by atoms with van der Waals surface area (Å²) < 4.78 is 22.9. The Balaban J connectivity index is 1.11. The first kappa shape index (κ1) is 33.7. The molecule has 3 saturated heterocycles. The van der Waals surface area contributed by atoms with Crippen LogP contribution in [-0.2, 0) is 28.9 Å². The Labute approximate surface area is 275 Å². The average Bonchev–Trinajstić information content (AvgIpc) is 3.44. The van der Waals surface area contributed by atoms with Crippen LogP contribution in [-0.4, -0.2) is 106 Å². The molecule has 0 aromatic carbocycles. The van der Waals surface area contributed by atoms with E-state index in [2.05, 4.69) is 29.5 Å². The van der Waals surface area contributed by atoms with E-state index in [0.29, 0.717) is 44.3 Å². The summed E-state index contributed by atoms with van der Waals surface area (Å²) >= 11 is 8.54. The molecule has 4 fully saturated rings. The highest BCUT2D eigenvalue weighted by Crippen LogP contribution is 2.48. The number of carbonyl (C=O) groups is 1. The second-order valence-corrected chi connectivity index (χ2v) is 16.2. The number of ether oxygens (including phenoxy) is 1. The lowest BCUT2D eigenvalue weighted by molar-refractivity contribution is -0.142. The maximum absolute atomic E-state index is 14.5. The topological polar surface area (TPSA) is 109 Å². The van der Waals surface area contributed by atoms with Gasteiger partial charge in [0, 0.05) is 59.1 Å². The molecule has 1 aromatic rings. The minimum Gasteiger partial charge on any atom is -0.481 e. The first-order chi connectivity index (χ1) is 21.6. The number of nitrogens with one attached hydrogen (secondary N) is 2. The summed E-state index contributed by atoms with van der Waals surface area (Å²) in [6, 6.07) is 0.427. The van der Waals surface area contributed by atoms with Crippen LogP contribution < -0.4 is 16.2 Å². The molecule has 0 bridgehead atoms. The normalized spacial score (nSPS) is 38.6. The molecule has 11 unspecified atom stereocenters. The van der Waals surface area contributed by atoms with Crippen molar-refractivity contribution in [2.75, 3.05) is 39.0 Å². The Bertz CT molecular complexity index is 1270. The summed E-state index contributed by atoms with van der Waals surface area (Å²) in [6.07, 6.45) is 6.04. The number of nitrogens with zero attached hydrogens (tertiary/aromatic N) is 3. The zero-order chi connectivity index (χ0) is 31.8. The van der Waals surface area contributed by atoms with Crippen molar-refractivity contribution < 1.29 is 19.0 Å². The maximum Gasteiger partial charge on any atom is 0.308 e. The number of thioether (sulfide) groups is 1. The van der Waals surface area contributed by atoms with Crippen molar-refractivity contribution in [2.24, 2.45) is 23.7 Å². The van der Waals surface area contributed by atoms with E-state index in [9.17, 15) is 19.1 Å². The predicted octanol–water partition coefficient (Wildman–Crippen LogP) is 3.26. The van der Waals surface area contributed by atoms with Gasteiger partial charge in [-0.25, -0.2) is 9.37 Å². The third-order valence-corrected chi connectivity index (χ3v) is 13.4. The van der Waals surface area contributed by atoms with Gasteiger partial charge in [0.2, 0.25) is 0 Å². The molecule has 45 heavy (non-hydrogen) atoms. The monoisotopic (exact) mass is 667 g/mol. The maximum atomic E-state index is 14.5. The molecule has 4 heterocycles. The fourth-order valence-electron chi connectivity index (χ4n) is 8.96. The summed E-state index contributed by atoms with van der Waals surface area (Å²) in [5.74, 6) is 0.923. The summed E-state index contributed by atoms with van der Waals surface area (Å²) in [5, 5.41) is 16.9. The highest BCUT2D eigenvalue weighted by Gasteiger charge is 2.51. The molecule has 5 aliphatic rings. The zero-order valence-electron chi connectivity index (χ0n) is 26.9. The van der Waals surface area contributed by atoms with Gasteiger partial charge in [0.25, 0.3) is 5.56 Å². The number of carboxylic acid groups (broad SMARTS) is 1. The molecular weight excluding hydrogens is 617 g/mol. The second-order valence-electron chi connectivity index (χ2n) is 14.4. The van der Waals surface area contributed by atoms with Crippen LogP contribution in [0.25, 0.3) is 0 Å². The lowest BCUT2D eigenvalue weighted by Gasteiger charge is -2.47. The Morgan fingerprint density at radius 3 is 2.84 bits per heavy atom. The summed E-state index contributed by atoms with van der Waals surface area (Å²) in [4.78, 5) is 32.9. The first-order valence-corrected chi connectivity index (χ1v) is 18.6. The van der Waals surface area contributed by atoms with E-state index in [4.69, 9.17) is 21.3 Å². The number of hydrogen-bond acceptors (Lipinski definition) is 8. The number of hydrogen-bond donors (Lipinski definition) is 3. The van der Waals surface area contributed by atoms with Crippen molar-refractivity contribution in [3.8, 4) is 0 Å². The van der Waals surface area contributed by atoms with E-state index in [0.717, 1.165) is 68.6 Å². The largest absolute Gasteiger partial charge is 0.481 e. The predicted molar refractivity (Wildman–Crippen MR) is 176 cm³/mol. The van der Waals surface area contributed by atoms with Crippen molar-refractivity contribution in [3.63, 3.8) is 0 Å². The molecule has 3 N–H and O–H groups in total. The number of rotatable bonds is 9. The molecule has 9 nitrogen and oxygen atoms in total. The Morgan fingerprint density at radius 1 is 1.24 bits per heavy atom. The van der Waals surface area contributed by atoms with Crippen LogP contribution in [0.1, 0.15) is 62.5 Å². The molecule has 1 saturated carbocycles. The van der Waals surface area contributed by atoms with Gasteiger partial charge in [0.15, 0.2) is 0 Å². The van der Waals surface area contributed by atoms with Crippen LogP contribution in [0.3, 0.4) is 0 Å². The molecule has 2 aliphatic carbocycles. The van der Waals surface area contributed by atoms with Gasteiger partial charge < -0.3 is 25.4 Å². The number of piperidine rings is 2. The molecule has 0 radical (unpaired) electrons. The third-order valence-electron chi connectivity index (χ3n) is 11.4. The molecule has 0 amide bonds. The lowest BCUT2D eigenvalue weighted by Crippen LogP contribution is -2.57. The lowest BCUT2D eigenvalue weighted by atomic mass is 9.70. The van der Waals surface area contributed by atoms with Crippen molar-refractivity contribution in [1.29, 1.82) is 0 Å². The minimum atomic E-state index is -0.823.